The Labute approximate surface area is 198 Å². The highest BCUT2D eigenvalue weighted by atomic mass is 32.2. The molecule has 0 aliphatic carbocycles. The number of hydrogen-bond donors (Lipinski definition) is 2. The lowest BCUT2D eigenvalue weighted by Crippen LogP contribution is -2.27. The van der Waals surface area contributed by atoms with Crippen molar-refractivity contribution in [1.82, 2.24) is 20.1 Å². The molecule has 1 amide bonds. The van der Waals surface area contributed by atoms with Gasteiger partial charge in [0.05, 0.1) is 16.6 Å². The molecule has 0 saturated heterocycles. The molecule has 3 aromatic carbocycles. The minimum Gasteiger partial charge on any atom is -0.346 e. The van der Waals surface area contributed by atoms with Crippen LogP contribution in [0.25, 0.3) is 5.69 Å². The number of amides is 1. The Bertz CT molecular complexity index is 1400. The van der Waals surface area contributed by atoms with Gasteiger partial charge >= 0.3 is 0 Å². The molecule has 0 aliphatic rings. The molecule has 174 valence electrons. The largest absolute Gasteiger partial charge is 0.346 e. The average molecular weight is 476 g/mol. The van der Waals surface area contributed by atoms with Gasteiger partial charge in [-0.1, -0.05) is 35.9 Å². The molecule has 0 spiro atoms. The van der Waals surface area contributed by atoms with E-state index in [4.69, 9.17) is 0 Å². The van der Waals surface area contributed by atoms with Crippen LogP contribution in [0.1, 0.15) is 40.0 Å². The number of anilines is 1. The van der Waals surface area contributed by atoms with Gasteiger partial charge in [0.1, 0.15) is 12.7 Å². The summed E-state index contributed by atoms with van der Waals surface area (Å²) in [5, 5.41) is 7.03. The highest BCUT2D eigenvalue weighted by Gasteiger charge is 2.20. The summed E-state index contributed by atoms with van der Waals surface area (Å²) in [7, 11) is -3.86. The Morgan fingerprint density at radius 1 is 0.971 bits per heavy atom. The molecule has 0 saturated carbocycles. The molecule has 0 bridgehead atoms. The van der Waals surface area contributed by atoms with Crippen LogP contribution < -0.4 is 10.0 Å². The van der Waals surface area contributed by atoms with E-state index in [1.165, 1.54) is 12.4 Å². The zero-order valence-corrected chi connectivity index (χ0v) is 19.9. The third kappa shape index (κ3) is 5.15. The molecule has 1 unspecified atom stereocenters. The normalized spacial score (nSPS) is 12.2. The fraction of sp³-hybridized carbons (Fsp3) is 0.160. The summed E-state index contributed by atoms with van der Waals surface area (Å²) >= 11 is 0. The summed E-state index contributed by atoms with van der Waals surface area (Å²) in [5.74, 6) is -0.361. The number of nitrogens with one attached hydrogen (secondary N) is 2. The van der Waals surface area contributed by atoms with Gasteiger partial charge in [0.15, 0.2) is 0 Å². The van der Waals surface area contributed by atoms with Crippen LogP contribution in [0.5, 0.6) is 0 Å². The van der Waals surface area contributed by atoms with Crippen molar-refractivity contribution in [3.8, 4) is 5.69 Å². The number of aromatic nitrogens is 3. The number of hydrogen-bond acceptors (Lipinski definition) is 5. The van der Waals surface area contributed by atoms with Crippen LogP contribution in [-0.2, 0) is 10.0 Å². The average Bonchev–Trinajstić information content (AvgIpc) is 3.36. The molecule has 4 aromatic rings. The second kappa shape index (κ2) is 9.48. The van der Waals surface area contributed by atoms with Crippen LogP contribution in [0, 0.1) is 13.8 Å². The van der Waals surface area contributed by atoms with Gasteiger partial charge < -0.3 is 5.32 Å². The molecular formula is C25H25N5O3S. The van der Waals surface area contributed by atoms with E-state index in [9.17, 15) is 13.2 Å². The highest BCUT2D eigenvalue weighted by molar-refractivity contribution is 7.92. The Balaban J connectivity index is 1.50. The fourth-order valence-corrected chi connectivity index (χ4v) is 4.81. The minimum atomic E-state index is -3.86. The SMILES string of the molecule is Cc1ccc(NS(=O)(=O)c2cc(C(=O)NC(C)c3ccc(-n4cncn4)cc3)ccc2C)cc1. The van der Waals surface area contributed by atoms with Gasteiger partial charge in [-0.15, -0.1) is 0 Å². The van der Waals surface area contributed by atoms with Crippen molar-refractivity contribution in [2.75, 3.05) is 4.72 Å². The molecule has 1 aromatic heterocycles. The second-order valence-electron chi connectivity index (χ2n) is 8.08. The number of rotatable bonds is 7. The number of benzene rings is 3. The first kappa shape index (κ1) is 23.2. The predicted molar refractivity (Wildman–Crippen MR) is 130 cm³/mol. The third-order valence-corrected chi connectivity index (χ3v) is 6.99. The summed E-state index contributed by atoms with van der Waals surface area (Å²) in [6.07, 6.45) is 3.07. The Morgan fingerprint density at radius 2 is 1.68 bits per heavy atom. The van der Waals surface area contributed by atoms with Crippen molar-refractivity contribution >= 4 is 21.6 Å². The van der Waals surface area contributed by atoms with Crippen LogP contribution >= 0.6 is 0 Å². The maximum absolute atomic E-state index is 13.0. The van der Waals surface area contributed by atoms with E-state index in [0.717, 1.165) is 16.8 Å². The van der Waals surface area contributed by atoms with Crippen molar-refractivity contribution < 1.29 is 13.2 Å². The monoisotopic (exact) mass is 475 g/mol. The fourth-order valence-electron chi connectivity index (χ4n) is 3.48. The van der Waals surface area contributed by atoms with Crippen molar-refractivity contribution in [2.45, 2.75) is 31.7 Å². The topological polar surface area (TPSA) is 106 Å². The Morgan fingerprint density at radius 3 is 2.32 bits per heavy atom. The first-order valence-electron chi connectivity index (χ1n) is 10.7. The van der Waals surface area contributed by atoms with Gasteiger partial charge in [-0.3, -0.25) is 9.52 Å². The molecule has 1 atom stereocenters. The number of nitrogens with zero attached hydrogens (tertiary/aromatic N) is 3. The van der Waals surface area contributed by atoms with Crippen LogP contribution in [0.3, 0.4) is 0 Å². The molecule has 0 fully saturated rings. The van der Waals surface area contributed by atoms with Crippen molar-refractivity contribution in [1.29, 1.82) is 0 Å². The molecule has 1 heterocycles. The van der Waals surface area contributed by atoms with Crippen LogP contribution in [0.2, 0.25) is 0 Å². The van der Waals surface area contributed by atoms with Crippen LogP contribution in [0.15, 0.2) is 84.3 Å². The molecular weight excluding hydrogens is 450 g/mol. The molecule has 0 aliphatic heterocycles. The number of carbonyl (C=O) groups excluding carboxylic acids is 1. The van der Waals surface area contributed by atoms with E-state index in [1.54, 1.807) is 42.2 Å². The van der Waals surface area contributed by atoms with E-state index in [1.807, 2.05) is 50.2 Å². The van der Waals surface area contributed by atoms with Gasteiger partial charge in [-0.2, -0.15) is 5.10 Å². The first-order valence-corrected chi connectivity index (χ1v) is 12.2. The molecule has 34 heavy (non-hydrogen) atoms. The van der Waals surface area contributed by atoms with E-state index in [0.29, 0.717) is 11.3 Å². The van der Waals surface area contributed by atoms with E-state index in [2.05, 4.69) is 20.1 Å². The zero-order valence-electron chi connectivity index (χ0n) is 19.1. The predicted octanol–water partition coefficient (Wildman–Crippen LogP) is 4.18. The van der Waals surface area contributed by atoms with Crippen LogP contribution in [-0.4, -0.2) is 29.1 Å². The van der Waals surface area contributed by atoms with Gasteiger partial charge in [-0.25, -0.2) is 18.1 Å². The molecule has 8 nitrogen and oxygen atoms in total. The summed E-state index contributed by atoms with van der Waals surface area (Å²) in [5.41, 5.74) is 4.06. The number of carbonyl (C=O) groups is 1. The third-order valence-electron chi connectivity index (χ3n) is 5.47. The van der Waals surface area contributed by atoms with Crippen molar-refractivity contribution in [3.63, 3.8) is 0 Å². The smallest absolute Gasteiger partial charge is 0.262 e. The van der Waals surface area contributed by atoms with E-state index in [-0.39, 0.29) is 22.4 Å². The van der Waals surface area contributed by atoms with E-state index < -0.39 is 10.0 Å². The van der Waals surface area contributed by atoms with Crippen LogP contribution in [0.4, 0.5) is 5.69 Å². The molecule has 0 radical (unpaired) electrons. The second-order valence-corrected chi connectivity index (χ2v) is 9.73. The van der Waals surface area contributed by atoms with Crippen molar-refractivity contribution in [3.05, 3.63) is 102 Å². The summed E-state index contributed by atoms with van der Waals surface area (Å²) in [6, 6.07) is 19.0. The van der Waals surface area contributed by atoms with Gasteiger partial charge in [0, 0.05) is 11.3 Å². The minimum absolute atomic E-state index is 0.0607. The maximum atomic E-state index is 13.0. The quantitative estimate of drug-likeness (QED) is 0.417. The van der Waals surface area contributed by atoms with Gasteiger partial charge in [-0.05, 0) is 68.3 Å². The van der Waals surface area contributed by atoms with E-state index >= 15 is 0 Å². The Hall–Kier alpha value is -3.98. The van der Waals surface area contributed by atoms with Crippen molar-refractivity contribution in [2.24, 2.45) is 0 Å². The standard InChI is InChI=1S/C25H25N5O3S/c1-17-4-10-22(11-5-17)29-34(32,33)24-14-21(7-6-18(24)2)25(31)28-19(3)20-8-12-23(13-9-20)30-16-26-15-27-30/h4-16,19,29H,1-3H3,(H,28,31). The maximum Gasteiger partial charge on any atom is 0.262 e. The lowest BCUT2D eigenvalue weighted by atomic mass is 10.1. The Kier molecular flexibility index (Phi) is 6.47. The van der Waals surface area contributed by atoms with Gasteiger partial charge in [0.2, 0.25) is 0 Å². The highest BCUT2D eigenvalue weighted by Crippen LogP contribution is 2.22. The number of sulfonamides is 1. The lowest BCUT2D eigenvalue weighted by Gasteiger charge is -2.16. The lowest BCUT2D eigenvalue weighted by molar-refractivity contribution is 0.0939. The molecule has 9 heteroatoms. The number of aryl methyl sites for hydroxylation is 2. The molecule has 4 rings (SSSR count). The summed E-state index contributed by atoms with van der Waals surface area (Å²) in [6.45, 7) is 5.49. The summed E-state index contributed by atoms with van der Waals surface area (Å²) in [4.78, 5) is 16.9. The van der Waals surface area contributed by atoms with Gasteiger partial charge in [0.25, 0.3) is 15.9 Å². The first-order chi connectivity index (χ1) is 16.2. The molecule has 2 N–H and O–H groups in total. The summed E-state index contributed by atoms with van der Waals surface area (Å²) < 4.78 is 30.2. The zero-order chi connectivity index (χ0) is 24.3.